The van der Waals surface area contributed by atoms with Crippen molar-refractivity contribution in [1.29, 1.82) is 0 Å². The standard InChI is InChI=1S/C23H21N3O5/c1-15-3-5-17(6-4-15)22(28)24-14-21(27)26-25-13-19-11-12-20(31-19)16-7-9-18(10-8-16)23(29)30-2/h3-13H,14H2,1-2H3,(H,24,28)(H,26,27)/b25-13-. The Bertz CT molecular complexity index is 1100. The number of hydrogen-bond acceptors (Lipinski definition) is 6. The van der Waals surface area contributed by atoms with Crippen molar-refractivity contribution >= 4 is 24.0 Å². The summed E-state index contributed by atoms with van der Waals surface area (Å²) in [6, 6.07) is 17.2. The van der Waals surface area contributed by atoms with Crippen LogP contribution in [-0.4, -0.2) is 37.7 Å². The maximum atomic E-state index is 12.0. The first-order chi connectivity index (χ1) is 15.0. The summed E-state index contributed by atoms with van der Waals surface area (Å²) in [7, 11) is 1.32. The SMILES string of the molecule is COC(=O)c1ccc(-c2ccc(/C=N\NC(=O)CNC(=O)c3ccc(C)cc3)o2)cc1. The highest BCUT2D eigenvalue weighted by molar-refractivity contribution is 5.96. The third kappa shape index (κ3) is 5.89. The van der Waals surface area contributed by atoms with Gasteiger partial charge in [0.1, 0.15) is 11.5 Å². The van der Waals surface area contributed by atoms with Crippen molar-refractivity contribution in [1.82, 2.24) is 10.7 Å². The zero-order chi connectivity index (χ0) is 22.2. The van der Waals surface area contributed by atoms with Gasteiger partial charge in [-0.3, -0.25) is 9.59 Å². The molecule has 0 fully saturated rings. The van der Waals surface area contributed by atoms with Crippen LogP contribution in [0.25, 0.3) is 11.3 Å². The molecule has 0 saturated carbocycles. The number of aryl methyl sites for hydroxylation is 1. The number of nitrogens with zero attached hydrogens (tertiary/aromatic N) is 1. The van der Waals surface area contributed by atoms with Crippen LogP contribution < -0.4 is 10.7 Å². The van der Waals surface area contributed by atoms with Gasteiger partial charge in [0.15, 0.2) is 0 Å². The highest BCUT2D eigenvalue weighted by atomic mass is 16.5. The van der Waals surface area contributed by atoms with Crippen LogP contribution in [0.1, 0.15) is 32.0 Å². The quantitative estimate of drug-likeness (QED) is 0.348. The van der Waals surface area contributed by atoms with E-state index in [0.717, 1.165) is 11.1 Å². The van der Waals surface area contributed by atoms with Gasteiger partial charge in [-0.15, -0.1) is 0 Å². The number of benzene rings is 2. The number of esters is 1. The summed E-state index contributed by atoms with van der Waals surface area (Å²) in [5.41, 5.74) is 5.06. The van der Waals surface area contributed by atoms with Gasteiger partial charge in [-0.1, -0.05) is 29.8 Å². The number of ether oxygens (including phenoxy) is 1. The van der Waals surface area contributed by atoms with E-state index in [1.54, 1.807) is 48.5 Å². The van der Waals surface area contributed by atoms with Gasteiger partial charge in [0.2, 0.25) is 0 Å². The molecule has 0 unspecified atom stereocenters. The molecule has 3 aromatic rings. The Labute approximate surface area is 178 Å². The highest BCUT2D eigenvalue weighted by Crippen LogP contribution is 2.22. The molecule has 0 atom stereocenters. The molecule has 0 spiro atoms. The molecule has 8 nitrogen and oxygen atoms in total. The molecule has 31 heavy (non-hydrogen) atoms. The van der Waals surface area contributed by atoms with Crippen molar-refractivity contribution in [2.45, 2.75) is 6.92 Å². The van der Waals surface area contributed by atoms with Crippen molar-refractivity contribution in [3.8, 4) is 11.3 Å². The minimum absolute atomic E-state index is 0.208. The molecule has 1 heterocycles. The van der Waals surface area contributed by atoms with E-state index >= 15 is 0 Å². The molecule has 0 aliphatic heterocycles. The van der Waals surface area contributed by atoms with E-state index < -0.39 is 11.9 Å². The first kappa shape index (κ1) is 21.5. The van der Waals surface area contributed by atoms with Crippen LogP contribution in [0.3, 0.4) is 0 Å². The fraction of sp³-hybridized carbons (Fsp3) is 0.130. The first-order valence-electron chi connectivity index (χ1n) is 9.41. The van der Waals surface area contributed by atoms with Crippen LogP contribution in [-0.2, 0) is 9.53 Å². The normalized spacial score (nSPS) is 10.6. The van der Waals surface area contributed by atoms with Crippen LogP contribution >= 0.6 is 0 Å². The van der Waals surface area contributed by atoms with Gasteiger partial charge in [0, 0.05) is 11.1 Å². The second kappa shape index (κ2) is 10.0. The first-order valence-corrected chi connectivity index (χ1v) is 9.41. The van der Waals surface area contributed by atoms with Gasteiger partial charge in [-0.05, 0) is 43.3 Å². The summed E-state index contributed by atoms with van der Waals surface area (Å²) >= 11 is 0. The molecule has 158 valence electrons. The summed E-state index contributed by atoms with van der Waals surface area (Å²) < 4.78 is 10.3. The van der Waals surface area contributed by atoms with E-state index in [4.69, 9.17) is 4.42 Å². The third-order valence-corrected chi connectivity index (χ3v) is 4.32. The number of carbonyl (C=O) groups is 3. The average Bonchev–Trinajstić information content (AvgIpc) is 3.26. The van der Waals surface area contributed by atoms with Gasteiger partial charge >= 0.3 is 5.97 Å². The molecular weight excluding hydrogens is 398 g/mol. The smallest absolute Gasteiger partial charge is 0.337 e. The molecule has 0 aliphatic carbocycles. The van der Waals surface area contributed by atoms with Crippen LogP contribution in [0, 0.1) is 6.92 Å². The molecule has 0 aliphatic rings. The monoisotopic (exact) mass is 419 g/mol. The summed E-state index contributed by atoms with van der Waals surface area (Å²) in [6.07, 6.45) is 1.35. The fourth-order valence-electron chi connectivity index (χ4n) is 2.64. The Balaban J connectivity index is 1.49. The zero-order valence-corrected chi connectivity index (χ0v) is 17.0. The van der Waals surface area contributed by atoms with E-state index in [1.807, 2.05) is 19.1 Å². The molecule has 3 rings (SSSR count). The topological polar surface area (TPSA) is 110 Å². The summed E-state index contributed by atoms with van der Waals surface area (Å²) in [4.78, 5) is 35.3. The van der Waals surface area contributed by atoms with Gasteiger partial charge in [0.05, 0.1) is 25.4 Å². The Hall–Kier alpha value is -4.20. The largest absolute Gasteiger partial charge is 0.465 e. The molecule has 2 amide bonds. The van der Waals surface area contributed by atoms with E-state index in [0.29, 0.717) is 22.6 Å². The number of methoxy groups -OCH3 is 1. The number of nitrogens with one attached hydrogen (secondary N) is 2. The number of carbonyl (C=O) groups excluding carboxylic acids is 3. The maximum Gasteiger partial charge on any atom is 0.337 e. The van der Waals surface area contributed by atoms with E-state index in [-0.39, 0.29) is 12.5 Å². The molecule has 2 N–H and O–H groups in total. The predicted octanol–water partition coefficient (Wildman–Crippen LogP) is 2.92. The summed E-state index contributed by atoms with van der Waals surface area (Å²) in [5, 5.41) is 6.36. The zero-order valence-electron chi connectivity index (χ0n) is 17.0. The Kier molecular flexibility index (Phi) is 6.95. The number of amides is 2. The van der Waals surface area contributed by atoms with Crippen LogP contribution in [0.2, 0.25) is 0 Å². The molecule has 0 bridgehead atoms. The Morgan fingerprint density at radius 1 is 0.968 bits per heavy atom. The van der Waals surface area contributed by atoms with Gasteiger partial charge < -0.3 is 14.5 Å². The van der Waals surface area contributed by atoms with Crippen molar-refractivity contribution in [3.63, 3.8) is 0 Å². The third-order valence-electron chi connectivity index (χ3n) is 4.32. The highest BCUT2D eigenvalue weighted by Gasteiger charge is 2.09. The molecule has 2 aromatic carbocycles. The molecular formula is C23H21N3O5. The van der Waals surface area contributed by atoms with Crippen molar-refractivity contribution in [2.24, 2.45) is 5.10 Å². The average molecular weight is 419 g/mol. The van der Waals surface area contributed by atoms with Crippen molar-refractivity contribution in [2.75, 3.05) is 13.7 Å². The van der Waals surface area contributed by atoms with Crippen LogP contribution in [0.4, 0.5) is 0 Å². The second-order valence-electron chi connectivity index (χ2n) is 6.61. The van der Waals surface area contributed by atoms with E-state index in [9.17, 15) is 14.4 Å². The fourth-order valence-corrected chi connectivity index (χ4v) is 2.64. The minimum atomic E-state index is -0.470. The lowest BCUT2D eigenvalue weighted by molar-refractivity contribution is -0.120. The second-order valence-corrected chi connectivity index (χ2v) is 6.61. The van der Waals surface area contributed by atoms with Gasteiger partial charge in [-0.25, -0.2) is 10.2 Å². The van der Waals surface area contributed by atoms with Crippen molar-refractivity contribution < 1.29 is 23.5 Å². The summed E-state index contributed by atoms with van der Waals surface area (Å²) in [6.45, 7) is 1.72. The maximum absolute atomic E-state index is 12.0. The summed E-state index contributed by atoms with van der Waals surface area (Å²) in [5.74, 6) is -0.217. The van der Waals surface area contributed by atoms with Crippen LogP contribution in [0.15, 0.2) is 70.2 Å². The molecule has 8 heteroatoms. The minimum Gasteiger partial charge on any atom is -0.465 e. The van der Waals surface area contributed by atoms with Crippen LogP contribution in [0.5, 0.6) is 0 Å². The Morgan fingerprint density at radius 2 is 1.65 bits per heavy atom. The van der Waals surface area contributed by atoms with Gasteiger partial charge in [-0.2, -0.15) is 5.10 Å². The number of furan rings is 1. The van der Waals surface area contributed by atoms with E-state index in [1.165, 1.54) is 13.3 Å². The van der Waals surface area contributed by atoms with Gasteiger partial charge in [0.25, 0.3) is 11.8 Å². The molecule has 0 saturated heterocycles. The number of hydrogen-bond donors (Lipinski definition) is 2. The van der Waals surface area contributed by atoms with Crippen molar-refractivity contribution in [3.05, 3.63) is 83.1 Å². The lowest BCUT2D eigenvalue weighted by Crippen LogP contribution is -2.34. The Morgan fingerprint density at radius 3 is 2.32 bits per heavy atom. The predicted molar refractivity (Wildman–Crippen MR) is 115 cm³/mol. The molecule has 1 aromatic heterocycles. The lowest BCUT2D eigenvalue weighted by atomic mass is 10.1. The lowest BCUT2D eigenvalue weighted by Gasteiger charge is -2.04. The molecule has 0 radical (unpaired) electrons. The number of hydrazone groups is 1. The van der Waals surface area contributed by atoms with E-state index in [2.05, 4.69) is 20.6 Å². The number of rotatable bonds is 7.